The van der Waals surface area contributed by atoms with Gasteiger partial charge in [-0.15, -0.1) is 0 Å². The number of rotatable bonds is 6. The van der Waals surface area contributed by atoms with Crippen LogP contribution in [-0.2, 0) is 13.0 Å². The van der Waals surface area contributed by atoms with Crippen LogP contribution in [0.15, 0.2) is 36.9 Å². The first-order valence-corrected chi connectivity index (χ1v) is 9.48. The number of fused-ring (bicyclic) bond motifs is 2. The molecule has 0 aliphatic heterocycles. The molecule has 0 radical (unpaired) electrons. The number of aromatic nitrogens is 4. The van der Waals surface area contributed by atoms with E-state index in [4.69, 9.17) is 0 Å². The molecular weight excluding hydrogens is 340 g/mol. The number of nitrogens with one attached hydrogen (secondary N) is 1. The SMILES string of the molecule is CCN(CC)Cc1cnc2c(C(=O)NC3CCc4cccnc43)cnn2c1. The predicted molar refractivity (Wildman–Crippen MR) is 102 cm³/mol. The van der Waals surface area contributed by atoms with Gasteiger partial charge in [-0.05, 0) is 37.6 Å². The van der Waals surface area contributed by atoms with Crippen LogP contribution in [0.25, 0.3) is 5.65 Å². The molecule has 1 atom stereocenters. The fourth-order valence-corrected chi connectivity index (χ4v) is 3.65. The molecule has 7 nitrogen and oxygen atoms in total. The zero-order valence-corrected chi connectivity index (χ0v) is 15.7. The number of amides is 1. The van der Waals surface area contributed by atoms with Gasteiger partial charge < -0.3 is 5.32 Å². The Morgan fingerprint density at radius 1 is 1.30 bits per heavy atom. The summed E-state index contributed by atoms with van der Waals surface area (Å²) in [4.78, 5) is 24.0. The first-order chi connectivity index (χ1) is 13.2. The van der Waals surface area contributed by atoms with Gasteiger partial charge in [0, 0.05) is 30.7 Å². The third kappa shape index (κ3) is 3.42. The number of aryl methyl sites for hydroxylation is 1. The van der Waals surface area contributed by atoms with E-state index in [9.17, 15) is 4.79 Å². The molecule has 0 fully saturated rings. The first-order valence-electron chi connectivity index (χ1n) is 9.48. The minimum absolute atomic E-state index is 0.0504. The molecule has 140 valence electrons. The molecular formula is C20H24N6O. The topological polar surface area (TPSA) is 75.4 Å². The van der Waals surface area contributed by atoms with Gasteiger partial charge in [0.2, 0.25) is 0 Å². The molecule has 0 saturated carbocycles. The van der Waals surface area contributed by atoms with Gasteiger partial charge in [0.15, 0.2) is 5.65 Å². The van der Waals surface area contributed by atoms with Crippen molar-refractivity contribution in [3.8, 4) is 0 Å². The van der Waals surface area contributed by atoms with Crippen molar-refractivity contribution < 1.29 is 4.79 Å². The second-order valence-electron chi connectivity index (χ2n) is 6.86. The lowest BCUT2D eigenvalue weighted by Crippen LogP contribution is -2.27. The van der Waals surface area contributed by atoms with Crippen molar-refractivity contribution in [1.82, 2.24) is 29.8 Å². The Kier molecular flexibility index (Phi) is 4.85. The van der Waals surface area contributed by atoms with Crippen LogP contribution in [0.4, 0.5) is 0 Å². The van der Waals surface area contributed by atoms with E-state index in [1.807, 2.05) is 18.5 Å². The molecule has 7 heteroatoms. The van der Waals surface area contributed by atoms with E-state index in [2.05, 4.69) is 45.2 Å². The zero-order chi connectivity index (χ0) is 18.8. The van der Waals surface area contributed by atoms with E-state index >= 15 is 0 Å². The summed E-state index contributed by atoms with van der Waals surface area (Å²) in [7, 11) is 0. The molecule has 1 amide bonds. The van der Waals surface area contributed by atoms with E-state index in [0.29, 0.717) is 11.2 Å². The molecule has 0 saturated heterocycles. The van der Waals surface area contributed by atoms with E-state index in [1.165, 1.54) is 5.56 Å². The Hall–Kier alpha value is -2.80. The number of carbonyl (C=O) groups is 1. The number of carbonyl (C=O) groups excluding carboxylic acids is 1. The molecule has 3 aromatic heterocycles. The Morgan fingerprint density at radius 2 is 2.15 bits per heavy atom. The van der Waals surface area contributed by atoms with Crippen molar-refractivity contribution in [2.24, 2.45) is 0 Å². The first kappa shape index (κ1) is 17.6. The average molecular weight is 364 g/mol. The van der Waals surface area contributed by atoms with Gasteiger partial charge in [0.05, 0.1) is 17.9 Å². The standard InChI is InChI=1S/C20H24N6O/c1-3-25(4-2)12-14-10-22-19-16(11-23-26(19)13-14)20(27)24-17-8-7-15-6-5-9-21-18(15)17/h5-6,9-11,13,17H,3-4,7-8,12H2,1-2H3,(H,24,27). The van der Waals surface area contributed by atoms with Gasteiger partial charge in [-0.2, -0.15) is 5.10 Å². The summed E-state index contributed by atoms with van der Waals surface area (Å²) in [6, 6.07) is 3.96. The quantitative estimate of drug-likeness (QED) is 0.727. The zero-order valence-electron chi connectivity index (χ0n) is 15.7. The fourth-order valence-electron chi connectivity index (χ4n) is 3.65. The Morgan fingerprint density at radius 3 is 2.96 bits per heavy atom. The van der Waals surface area contributed by atoms with E-state index in [1.54, 1.807) is 16.9 Å². The molecule has 1 aliphatic carbocycles. The van der Waals surface area contributed by atoms with E-state index in [-0.39, 0.29) is 11.9 Å². The molecule has 0 bridgehead atoms. The number of pyridine rings is 1. The predicted octanol–water partition coefficient (Wildman–Crippen LogP) is 2.38. The summed E-state index contributed by atoms with van der Waals surface area (Å²) < 4.78 is 1.69. The lowest BCUT2D eigenvalue weighted by Gasteiger charge is -2.17. The minimum Gasteiger partial charge on any atom is -0.343 e. The highest BCUT2D eigenvalue weighted by atomic mass is 16.1. The largest absolute Gasteiger partial charge is 0.343 e. The van der Waals surface area contributed by atoms with Crippen molar-refractivity contribution in [2.45, 2.75) is 39.3 Å². The fraction of sp³-hybridized carbons (Fsp3) is 0.400. The summed E-state index contributed by atoms with van der Waals surface area (Å²) in [5, 5.41) is 7.43. The van der Waals surface area contributed by atoms with Gasteiger partial charge in [-0.25, -0.2) is 9.50 Å². The van der Waals surface area contributed by atoms with Crippen LogP contribution in [0, 0.1) is 0 Å². The van der Waals surface area contributed by atoms with Crippen LogP contribution in [0.3, 0.4) is 0 Å². The number of nitrogens with zero attached hydrogens (tertiary/aromatic N) is 5. The molecule has 1 N–H and O–H groups in total. The lowest BCUT2D eigenvalue weighted by atomic mass is 10.2. The second-order valence-corrected chi connectivity index (χ2v) is 6.86. The number of hydrogen-bond donors (Lipinski definition) is 1. The third-order valence-corrected chi connectivity index (χ3v) is 5.22. The molecule has 0 aromatic carbocycles. The van der Waals surface area contributed by atoms with Crippen molar-refractivity contribution in [3.05, 3.63) is 59.3 Å². The highest BCUT2D eigenvalue weighted by molar-refractivity contribution is 5.99. The third-order valence-electron chi connectivity index (χ3n) is 5.22. The summed E-state index contributed by atoms with van der Waals surface area (Å²) in [6.07, 6.45) is 8.96. The molecule has 4 rings (SSSR count). The highest BCUT2D eigenvalue weighted by Crippen LogP contribution is 2.29. The Labute approximate surface area is 158 Å². The maximum atomic E-state index is 12.8. The van der Waals surface area contributed by atoms with Crippen LogP contribution < -0.4 is 5.32 Å². The van der Waals surface area contributed by atoms with Gasteiger partial charge in [0.25, 0.3) is 5.91 Å². The van der Waals surface area contributed by atoms with Gasteiger partial charge in [0.1, 0.15) is 5.56 Å². The highest BCUT2D eigenvalue weighted by Gasteiger charge is 2.26. The Bertz CT molecular complexity index is 962. The second kappa shape index (κ2) is 7.44. The van der Waals surface area contributed by atoms with Crippen molar-refractivity contribution in [2.75, 3.05) is 13.1 Å². The average Bonchev–Trinajstić information content (AvgIpc) is 3.30. The van der Waals surface area contributed by atoms with Crippen LogP contribution in [-0.4, -0.2) is 43.5 Å². The van der Waals surface area contributed by atoms with Gasteiger partial charge in [-0.1, -0.05) is 19.9 Å². The van der Waals surface area contributed by atoms with Crippen molar-refractivity contribution in [1.29, 1.82) is 0 Å². The van der Waals surface area contributed by atoms with Gasteiger partial charge in [-0.3, -0.25) is 14.7 Å². The van der Waals surface area contributed by atoms with Crippen LogP contribution in [0.1, 0.15) is 53.5 Å². The molecule has 1 unspecified atom stereocenters. The van der Waals surface area contributed by atoms with Crippen molar-refractivity contribution >= 4 is 11.6 Å². The van der Waals surface area contributed by atoms with Crippen LogP contribution >= 0.6 is 0 Å². The summed E-state index contributed by atoms with van der Waals surface area (Å²) in [5.41, 5.74) is 4.33. The maximum absolute atomic E-state index is 12.8. The molecule has 0 spiro atoms. The summed E-state index contributed by atoms with van der Waals surface area (Å²) in [6.45, 7) is 7.07. The molecule has 3 aromatic rings. The minimum atomic E-state index is -0.155. The molecule has 3 heterocycles. The number of hydrogen-bond acceptors (Lipinski definition) is 5. The van der Waals surface area contributed by atoms with E-state index in [0.717, 1.165) is 43.7 Å². The van der Waals surface area contributed by atoms with Gasteiger partial charge >= 0.3 is 0 Å². The van der Waals surface area contributed by atoms with Crippen LogP contribution in [0.5, 0.6) is 0 Å². The van der Waals surface area contributed by atoms with Crippen molar-refractivity contribution in [3.63, 3.8) is 0 Å². The molecule has 27 heavy (non-hydrogen) atoms. The maximum Gasteiger partial charge on any atom is 0.257 e. The molecule has 1 aliphatic rings. The normalized spacial score (nSPS) is 16.0. The van der Waals surface area contributed by atoms with Crippen LogP contribution in [0.2, 0.25) is 0 Å². The Balaban J connectivity index is 1.53. The smallest absolute Gasteiger partial charge is 0.257 e. The van der Waals surface area contributed by atoms with E-state index < -0.39 is 0 Å². The summed E-state index contributed by atoms with van der Waals surface area (Å²) >= 11 is 0. The summed E-state index contributed by atoms with van der Waals surface area (Å²) in [5.74, 6) is -0.155. The monoisotopic (exact) mass is 364 g/mol. The lowest BCUT2D eigenvalue weighted by molar-refractivity contribution is 0.0937.